The molecule has 2 aromatic rings. The lowest BCUT2D eigenvalue weighted by atomic mass is 10.1. The molecule has 82 valence electrons. The van der Waals surface area contributed by atoms with Crippen LogP contribution in [0.5, 0.6) is 0 Å². The summed E-state index contributed by atoms with van der Waals surface area (Å²) < 4.78 is 13.5. The molecule has 0 unspecified atom stereocenters. The Bertz CT molecular complexity index is 599. The summed E-state index contributed by atoms with van der Waals surface area (Å²) in [4.78, 5) is 26.4. The highest BCUT2D eigenvalue weighted by Gasteiger charge is 2.10. The van der Waals surface area contributed by atoms with E-state index in [0.717, 1.165) is 6.07 Å². The van der Waals surface area contributed by atoms with Gasteiger partial charge in [-0.1, -0.05) is 17.7 Å². The molecular formula is C10H6ClFN2O2. The molecule has 2 rings (SSSR count). The van der Waals surface area contributed by atoms with E-state index in [0.29, 0.717) is 0 Å². The molecule has 1 aromatic carbocycles. The van der Waals surface area contributed by atoms with E-state index < -0.39 is 17.1 Å². The number of nitrogens with one attached hydrogen (secondary N) is 2. The summed E-state index contributed by atoms with van der Waals surface area (Å²) in [6.07, 6.45) is 0. The number of halogens is 2. The molecule has 2 N–H and O–H groups in total. The van der Waals surface area contributed by atoms with Crippen LogP contribution >= 0.6 is 11.6 Å². The van der Waals surface area contributed by atoms with Gasteiger partial charge in [0.25, 0.3) is 5.56 Å². The molecule has 0 fully saturated rings. The summed E-state index contributed by atoms with van der Waals surface area (Å²) in [6, 6.07) is 5.18. The van der Waals surface area contributed by atoms with E-state index in [1.165, 1.54) is 18.2 Å². The van der Waals surface area contributed by atoms with Gasteiger partial charge < -0.3 is 4.98 Å². The lowest BCUT2D eigenvalue weighted by Gasteiger charge is -2.04. The maximum Gasteiger partial charge on any atom is 0.326 e. The van der Waals surface area contributed by atoms with Crippen LogP contribution in [0.25, 0.3) is 11.3 Å². The molecule has 0 saturated carbocycles. The van der Waals surface area contributed by atoms with Crippen molar-refractivity contribution in [1.29, 1.82) is 0 Å². The van der Waals surface area contributed by atoms with Crippen LogP contribution in [-0.4, -0.2) is 9.97 Å². The third-order valence-corrected chi connectivity index (χ3v) is 2.31. The lowest BCUT2D eigenvalue weighted by molar-refractivity contribution is 0.630. The number of benzene rings is 1. The molecule has 0 saturated heterocycles. The Labute approximate surface area is 93.7 Å². The number of aromatic nitrogens is 2. The van der Waals surface area contributed by atoms with Gasteiger partial charge in [-0.2, -0.15) is 0 Å². The second kappa shape index (κ2) is 3.94. The van der Waals surface area contributed by atoms with Crippen molar-refractivity contribution in [2.24, 2.45) is 0 Å². The summed E-state index contributed by atoms with van der Waals surface area (Å²) in [5.74, 6) is -0.603. The third kappa shape index (κ3) is 1.90. The van der Waals surface area contributed by atoms with E-state index in [9.17, 15) is 14.0 Å². The average molecular weight is 241 g/mol. The van der Waals surface area contributed by atoms with Gasteiger partial charge in [0.05, 0.1) is 16.3 Å². The van der Waals surface area contributed by atoms with Crippen molar-refractivity contribution in [2.45, 2.75) is 0 Å². The highest BCUT2D eigenvalue weighted by molar-refractivity contribution is 6.33. The first-order chi connectivity index (χ1) is 7.58. The smallest absolute Gasteiger partial charge is 0.307 e. The van der Waals surface area contributed by atoms with Gasteiger partial charge in [0.2, 0.25) is 0 Å². The Balaban J connectivity index is 2.77. The Kier molecular flexibility index (Phi) is 2.62. The maximum absolute atomic E-state index is 13.5. The van der Waals surface area contributed by atoms with Gasteiger partial charge in [-0.25, -0.2) is 9.18 Å². The van der Waals surface area contributed by atoms with Crippen molar-refractivity contribution in [3.63, 3.8) is 0 Å². The maximum atomic E-state index is 13.5. The Hall–Kier alpha value is -1.88. The summed E-state index contributed by atoms with van der Waals surface area (Å²) in [6.45, 7) is 0. The Morgan fingerprint density at radius 1 is 1.19 bits per heavy atom. The Morgan fingerprint density at radius 2 is 1.94 bits per heavy atom. The summed E-state index contributed by atoms with van der Waals surface area (Å²) in [5, 5.41) is 0.126. The topological polar surface area (TPSA) is 65.7 Å². The fraction of sp³-hybridized carbons (Fsp3) is 0. The van der Waals surface area contributed by atoms with Gasteiger partial charge in [-0.05, 0) is 12.1 Å². The van der Waals surface area contributed by atoms with Crippen LogP contribution in [0.1, 0.15) is 0 Å². The van der Waals surface area contributed by atoms with E-state index in [4.69, 9.17) is 11.6 Å². The third-order valence-electron chi connectivity index (χ3n) is 1.99. The van der Waals surface area contributed by atoms with E-state index in [-0.39, 0.29) is 16.3 Å². The van der Waals surface area contributed by atoms with Gasteiger partial charge in [0, 0.05) is 6.07 Å². The van der Waals surface area contributed by atoms with Crippen molar-refractivity contribution in [3.8, 4) is 11.3 Å². The molecule has 0 bridgehead atoms. The molecule has 6 heteroatoms. The van der Waals surface area contributed by atoms with Crippen molar-refractivity contribution in [3.05, 3.63) is 55.9 Å². The molecule has 4 nitrogen and oxygen atoms in total. The second-order valence-corrected chi connectivity index (χ2v) is 3.51. The monoisotopic (exact) mass is 240 g/mol. The normalized spacial score (nSPS) is 10.4. The number of hydrogen-bond acceptors (Lipinski definition) is 2. The first-order valence-electron chi connectivity index (χ1n) is 4.36. The van der Waals surface area contributed by atoms with E-state index in [1.807, 2.05) is 4.98 Å². The van der Waals surface area contributed by atoms with Crippen molar-refractivity contribution in [2.75, 3.05) is 0 Å². The highest BCUT2D eigenvalue weighted by Crippen LogP contribution is 2.27. The Morgan fingerprint density at radius 3 is 2.56 bits per heavy atom. The van der Waals surface area contributed by atoms with Crippen molar-refractivity contribution >= 4 is 11.6 Å². The van der Waals surface area contributed by atoms with Gasteiger partial charge in [-0.3, -0.25) is 9.78 Å². The lowest BCUT2D eigenvalue weighted by Crippen LogP contribution is -2.21. The molecule has 0 atom stereocenters. The fourth-order valence-electron chi connectivity index (χ4n) is 1.36. The molecule has 0 aliphatic heterocycles. The first-order valence-corrected chi connectivity index (χ1v) is 4.74. The largest absolute Gasteiger partial charge is 0.326 e. The molecule has 0 amide bonds. The van der Waals surface area contributed by atoms with Gasteiger partial charge in [0.15, 0.2) is 0 Å². The predicted octanol–water partition coefficient (Wildman–Crippen LogP) is 1.52. The van der Waals surface area contributed by atoms with Crippen LogP contribution < -0.4 is 11.2 Å². The SMILES string of the molecule is O=c1cc(-c2c(F)cccc2Cl)[nH]c(=O)[nH]1. The molecule has 1 heterocycles. The van der Waals surface area contributed by atoms with E-state index in [2.05, 4.69) is 4.98 Å². The van der Waals surface area contributed by atoms with Crippen LogP contribution in [-0.2, 0) is 0 Å². The molecule has 0 aliphatic rings. The number of H-pyrrole nitrogens is 2. The predicted molar refractivity (Wildman–Crippen MR) is 58.1 cm³/mol. The minimum absolute atomic E-state index is 0.00682. The van der Waals surface area contributed by atoms with E-state index >= 15 is 0 Å². The second-order valence-electron chi connectivity index (χ2n) is 3.10. The zero-order chi connectivity index (χ0) is 11.7. The quantitative estimate of drug-likeness (QED) is 0.794. The fourth-order valence-corrected chi connectivity index (χ4v) is 1.62. The van der Waals surface area contributed by atoms with Crippen molar-refractivity contribution in [1.82, 2.24) is 9.97 Å². The first kappa shape index (κ1) is 10.6. The van der Waals surface area contributed by atoms with Crippen LogP contribution in [0.3, 0.4) is 0 Å². The summed E-state index contributed by atoms with van der Waals surface area (Å²) in [7, 11) is 0. The molecule has 1 aromatic heterocycles. The number of hydrogen-bond donors (Lipinski definition) is 2. The van der Waals surface area contributed by atoms with Crippen LogP contribution in [0.4, 0.5) is 4.39 Å². The van der Waals surface area contributed by atoms with Gasteiger partial charge in [-0.15, -0.1) is 0 Å². The summed E-state index contributed by atoms with van der Waals surface area (Å²) in [5.41, 5.74) is -1.26. The zero-order valence-corrected chi connectivity index (χ0v) is 8.64. The summed E-state index contributed by atoms with van der Waals surface area (Å²) >= 11 is 5.79. The average Bonchev–Trinajstić information content (AvgIpc) is 2.15. The minimum atomic E-state index is -0.707. The van der Waals surface area contributed by atoms with E-state index in [1.54, 1.807) is 0 Å². The minimum Gasteiger partial charge on any atom is -0.307 e. The molecular weight excluding hydrogens is 235 g/mol. The zero-order valence-electron chi connectivity index (χ0n) is 7.88. The molecule has 0 spiro atoms. The van der Waals surface area contributed by atoms with Crippen LogP contribution in [0, 0.1) is 5.82 Å². The number of rotatable bonds is 1. The molecule has 0 radical (unpaired) electrons. The van der Waals surface area contributed by atoms with Crippen molar-refractivity contribution < 1.29 is 4.39 Å². The molecule has 16 heavy (non-hydrogen) atoms. The van der Waals surface area contributed by atoms with Crippen LogP contribution in [0.2, 0.25) is 5.02 Å². The highest BCUT2D eigenvalue weighted by atomic mass is 35.5. The van der Waals surface area contributed by atoms with Gasteiger partial charge >= 0.3 is 5.69 Å². The standard InChI is InChI=1S/C10H6ClFN2O2/c11-5-2-1-3-6(12)9(5)7-4-8(15)14-10(16)13-7/h1-4H,(H2,13,14,15,16). The molecule has 0 aliphatic carbocycles. The van der Waals surface area contributed by atoms with Gasteiger partial charge in [0.1, 0.15) is 5.82 Å². The number of aromatic amines is 2. The van der Waals surface area contributed by atoms with Crippen LogP contribution in [0.15, 0.2) is 33.9 Å².